The van der Waals surface area contributed by atoms with E-state index < -0.39 is 5.41 Å². The van der Waals surface area contributed by atoms with Gasteiger partial charge in [-0.25, -0.2) is 0 Å². The Hall–Kier alpha value is -8.30. The molecule has 0 aliphatic heterocycles. The highest BCUT2D eigenvalue weighted by Gasteiger charge is 2.46. The van der Waals surface area contributed by atoms with Crippen molar-refractivity contribution >= 4 is 59.3 Å². The van der Waals surface area contributed by atoms with Crippen LogP contribution in [0.2, 0.25) is 0 Å². The van der Waals surface area contributed by atoms with E-state index in [1.54, 1.807) is 0 Å². The summed E-state index contributed by atoms with van der Waals surface area (Å²) in [5, 5.41) is 5.11. The molecule has 0 unspecified atom stereocenters. The van der Waals surface area contributed by atoms with E-state index in [0.717, 1.165) is 17.1 Å². The average molecular weight is 870 g/mol. The smallest absolute Gasteiger partial charge is 0.0713 e. The van der Waals surface area contributed by atoms with Crippen LogP contribution in [0.15, 0.2) is 261 Å². The summed E-state index contributed by atoms with van der Waals surface area (Å²) in [4.78, 5) is 2.44. The van der Waals surface area contributed by atoms with Crippen molar-refractivity contribution in [2.24, 2.45) is 0 Å². The van der Waals surface area contributed by atoms with Crippen molar-refractivity contribution in [3.8, 4) is 44.5 Å². The van der Waals surface area contributed by atoms with Gasteiger partial charge in [0.15, 0.2) is 0 Å². The molecule has 1 aliphatic carbocycles. The predicted octanol–water partition coefficient (Wildman–Crippen LogP) is 18.0. The second-order valence-electron chi connectivity index (χ2n) is 17.6. The van der Waals surface area contributed by atoms with E-state index in [-0.39, 0.29) is 0 Å². The molecule has 0 fully saturated rings. The van der Waals surface area contributed by atoms with Crippen molar-refractivity contribution in [2.75, 3.05) is 4.90 Å². The van der Waals surface area contributed by atoms with Crippen molar-refractivity contribution in [1.29, 1.82) is 0 Å². The highest BCUT2D eigenvalue weighted by Crippen LogP contribution is 2.57. The van der Waals surface area contributed by atoms with Gasteiger partial charge in [-0.1, -0.05) is 206 Å². The third-order valence-electron chi connectivity index (χ3n) is 13.9. The lowest BCUT2D eigenvalue weighted by molar-refractivity contribution is 0.770. The Bertz CT molecular complexity index is 3690. The van der Waals surface area contributed by atoms with Crippen LogP contribution in [0.4, 0.5) is 17.1 Å². The van der Waals surface area contributed by atoms with E-state index in [1.165, 1.54) is 97.7 Å². The molecule has 0 N–H and O–H groups in total. The van der Waals surface area contributed by atoms with Crippen molar-refractivity contribution in [3.63, 3.8) is 0 Å². The number of hydrogen-bond acceptors (Lipinski definition) is 2. The molecule has 67 heavy (non-hydrogen) atoms. The fourth-order valence-electron chi connectivity index (χ4n) is 10.9. The molecule has 11 aromatic carbocycles. The maximum absolute atomic E-state index is 2.44. The van der Waals surface area contributed by atoms with E-state index in [1.807, 2.05) is 11.3 Å². The van der Waals surface area contributed by atoms with Gasteiger partial charge in [-0.15, -0.1) is 11.3 Å². The highest BCUT2D eigenvalue weighted by atomic mass is 32.1. The summed E-state index contributed by atoms with van der Waals surface area (Å²) in [6.07, 6.45) is 0. The molecule has 0 saturated carbocycles. The Balaban J connectivity index is 1.01. The number of anilines is 3. The van der Waals surface area contributed by atoms with Crippen LogP contribution in [0.25, 0.3) is 75.5 Å². The number of thiophene rings is 1. The summed E-state index contributed by atoms with van der Waals surface area (Å²) in [5.41, 5.74) is 17.6. The van der Waals surface area contributed by atoms with Crippen molar-refractivity contribution in [3.05, 3.63) is 283 Å². The first kappa shape index (κ1) is 39.1. The highest BCUT2D eigenvalue weighted by molar-refractivity contribution is 7.26. The minimum absolute atomic E-state index is 0.524. The van der Waals surface area contributed by atoms with Gasteiger partial charge in [0, 0.05) is 37.2 Å². The fraction of sp³-hybridized carbons (Fsp3) is 0.0154. The van der Waals surface area contributed by atoms with Gasteiger partial charge in [0.2, 0.25) is 0 Å². The Morgan fingerprint density at radius 2 is 0.821 bits per heavy atom. The molecule has 314 valence electrons. The summed E-state index contributed by atoms with van der Waals surface area (Å²) in [6.45, 7) is 0. The molecule has 1 heterocycles. The molecule has 0 radical (unpaired) electrons. The molecular weight excluding hydrogens is 827 g/mol. The Labute approximate surface area is 395 Å². The van der Waals surface area contributed by atoms with Crippen molar-refractivity contribution in [2.45, 2.75) is 5.41 Å². The first-order valence-electron chi connectivity index (χ1n) is 23.1. The molecule has 0 saturated heterocycles. The predicted molar refractivity (Wildman–Crippen MR) is 285 cm³/mol. The quantitative estimate of drug-likeness (QED) is 0.147. The normalized spacial score (nSPS) is 12.6. The molecule has 1 aromatic heterocycles. The number of fused-ring (bicyclic) bond motifs is 7. The molecule has 12 aromatic rings. The topological polar surface area (TPSA) is 3.24 Å². The lowest BCUT2D eigenvalue weighted by atomic mass is 9.67. The van der Waals surface area contributed by atoms with Gasteiger partial charge < -0.3 is 4.90 Å². The second-order valence-corrected chi connectivity index (χ2v) is 18.7. The zero-order chi connectivity index (χ0) is 44.3. The van der Waals surface area contributed by atoms with Gasteiger partial charge in [0.25, 0.3) is 0 Å². The summed E-state index contributed by atoms with van der Waals surface area (Å²) in [6, 6.07) is 96.4. The SMILES string of the molecule is c1ccc(-c2cc(-c3ccccc3)cc(N(c3ccc(-c4cccc5c4sc4ccccc45)cc3)c3ccc(C4(c5ccc6ccccc6c5)c5ccccc5-c5ccccc54)cc3)c2)cc1. The molecule has 1 nitrogen and oxygen atoms in total. The van der Waals surface area contributed by atoms with Crippen LogP contribution in [0.3, 0.4) is 0 Å². The zero-order valence-electron chi connectivity index (χ0n) is 36.7. The monoisotopic (exact) mass is 869 g/mol. The van der Waals surface area contributed by atoms with E-state index in [4.69, 9.17) is 0 Å². The molecule has 0 bridgehead atoms. The molecule has 1 aliphatic rings. The van der Waals surface area contributed by atoms with Gasteiger partial charge in [-0.05, 0) is 132 Å². The molecule has 0 spiro atoms. The van der Waals surface area contributed by atoms with Crippen molar-refractivity contribution in [1.82, 2.24) is 0 Å². The number of rotatable bonds is 8. The number of hydrogen-bond donors (Lipinski definition) is 0. The third kappa shape index (κ3) is 6.44. The van der Waals surface area contributed by atoms with Crippen molar-refractivity contribution < 1.29 is 0 Å². The maximum atomic E-state index is 2.44. The summed E-state index contributed by atoms with van der Waals surface area (Å²) < 4.78 is 2.64. The van der Waals surface area contributed by atoms with Crippen LogP contribution in [-0.2, 0) is 5.41 Å². The standard InChI is InChI=1S/C65H43NS/c1-3-16-44(17-4-1)49-40-50(45-18-5-2-6-19-45)43-55(42-49)66(53-36-31-47(32-37-53)56-25-15-26-60-59-24-11-14-29-63(59)67-64(56)60)54-38-34-51(35-39-54)65(52-33-30-46-20-7-8-21-48(46)41-52)61-27-12-9-22-57(61)58-23-10-13-28-62(58)65/h1-43H. The van der Waals surface area contributed by atoms with Gasteiger partial charge in [0.05, 0.1) is 5.41 Å². The second kappa shape index (κ2) is 16.0. The first-order valence-corrected chi connectivity index (χ1v) is 23.9. The van der Waals surface area contributed by atoms with Crippen LogP contribution in [0.5, 0.6) is 0 Å². The van der Waals surface area contributed by atoms with Crippen LogP contribution in [0, 0.1) is 0 Å². The first-order chi connectivity index (χ1) is 33.2. The molecule has 2 heteroatoms. The van der Waals surface area contributed by atoms with Crippen LogP contribution in [0.1, 0.15) is 22.3 Å². The largest absolute Gasteiger partial charge is 0.310 e. The summed E-state index contributed by atoms with van der Waals surface area (Å²) in [7, 11) is 0. The maximum Gasteiger partial charge on any atom is 0.0713 e. The van der Waals surface area contributed by atoms with Crippen LogP contribution >= 0.6 is 11.3 Å². The minimum Gasteiger partial charge on any atom is -0.310 e. The van der Waals surface area contributed by atoms with Crippen LogP contribution in [-0.4, -0.2) is 0 Å². The van der Waals surface area contributed by atoms with E-state index in [0.29, 0.717) is 0 Å². The molecule has 0 atom stereocenters. The van der Waals surface area contributed by atoms with Gasteiger partial charge in [-0.2, -0.15) is 0 Å². The molecular formula is C65H43NS. The lowest BCUT2D eigenvalue weighted by Gasteiger charge is -2.35. The minimum atomic E-state index is -0.524. The lowest BCUT2D eigenvalue weighted by Crippen LogP contribution is -2.28. The van der Waals surface area contributed by atoms with E-state index >= 15 is 0 Å². The Morgan fingerprint density at radius 3 is 1.49 bits per heavy atom. The Kier molecular flexibility index (Phi) is 9.33. The van der Waals surface area contributed by atoms with E-state index in [2.05, 4.69) is 266 Å². The van der Waals surface area contributed by atoms with Gasteiger partial charge >= 0.3 is 0 Å². The van der Waals surface area contributed by atoms with Gasteiger partial charge in [0.1, 0.15) is 0 Å². The summed E-state index contributed by atoms with van der Waals surface area (Å²) >= 11 is 1.88. The third-order valence-corrected chi connectivity index (χ3v) is 15.1. The fourth-order valence-corrected chi connectivity index (χ4v) is 12.1. The zero-order valence-corrected chi connectivity index (χ0v) is 37.5. The number of benzene rings is 11. The summed E-state index contributed by atoms with van der Waals surface area (Å²) in [5.74, 6) is 0. The van der Waals surface area contributed by atoms with E-state index in [9.17, 15) is 0 Å². The number of nitrogens with zero attached hydrogens (tertiary/aromatic N) is 1. The van der Waals surface area contributed by atoms with Gasteiger partial charge in [-0.3, -0.25) is 0 Å². The molecule has 0 amide bonds. The Morgan fingerprint density at radius 1 is 0.299 bits per heavy atom. The average Bonchev–Trinajstić information content (AvgIpc) is 3.94. The van der Waals surface area contributed by atoms with Crippen LogP contribution < -0.4 is 4.90 Å². The molecule has 13 rings (SSSR count).